The zero-order chi connectivity index (χ0) is 11.3. The third-order valence-electron chi connectivity index (χ3n) is 1.81. The molecule has 0 amide bonds. The van der Waals surface area contributed by atoms with E-state index in [-0.39, 0.29) is 0 Å². The number of alkyl halides is 3. The Morgan fingerprint density at radius 3 is 2.40 bits per heavy atom. The first-order valence-electron chi connectivity index (χ1n) is 4.41. The number of nitrogens with one attached hydrogen (secondary N) is 1. The fourth-order valence-corrected chi connectivity index (χ4v) is 1.19. The topological polar surface area (TPSA) is 21.3 Å². The van der Waals surface area contributed by atoms with Crippen molar-refractivity contribution >= 4 is 11.6 Å². The minimum Gasteiger partial charge on any atom is -0.497 e. The average Bonchev–Trinajstić information content (AvgIpc) is 2.17. The zero-order valence-electron chi connectivity index (χ0n) is 8.27. The van der Waals surface area contributed by atoms with Crippen molar-refractivity contribution in [2.45, 2.75) is 11.9 Å². The second kappa shape index (κ2) is 5.28. The fraction of sp³-hybridized carbons (Fsp3) is 0.400. The molecule has 5 heteroatoms. The molecule has 0 saturated carbocycles. The summed E-state index contributed by atoms with van der Waals surface area (Å²) in [4.78, 5) is 0. The lowest BCUT2D eigenvalue weighted by Gasteiger charge is -2.09. The number of hydrogen-bond acceptors (Lipinski definition) is 2. The number of benzene rings is 1. The molecule has 0 aliphatic carbocycles. The second-order valence-corrected chi connectivity index (χ2v) is 3.62. The molecule has 0 aliphatic rings. The van der Waals surface area contributed by atoms with Gasteiger partial charge in [0.25, 0.3) is 0 Å². The molecule has 0 bridgehead atoms. The second-order valence-electron chi connectivity index (χ2n) is 3.07. The molecule has 84 valence electrons. The maximum atomic E-state index is 12.2. The van der Waals surface area contributed by atoms with E-state index in [1.54, 1.807) is 31.4 Å². The van der Waals surface area contributed by atoms with E-state index < -0.39 is 11.9 Å². The predicted molar refractivity (Wildman–Crippen MR) is 55.5 cm³/mol. The first kappa shape index (κ1) is 12.2. The Morgan fingerprint density at radius 2 is 1.93 bits per heavy atom. The van der Waals surface area contributed by atoms with E-state index >= 15 is 0 Å². The van der Waals surface area contributed by atoms with Gasteiger partial charge in [-0.1, -0.05) is 12.1 Å². The van der Waals surface area contributed by atoms with Crippen LogP contribution < -0.4 is 10.1 Å². The van der Waals surface area contributed by atoms with E-state index in [1.807, 2.05) is 0 Å². The van der Waals surface area contributed by atoms with E-state index in [0.29, 0.717) is 6.54 Å². The molecule has 1 rings (SSSR count). The van der Waals surface area contributed by atoms with Crippen LogP contribution in [0.5, 0.6) is 5.75 Å². The molecule has 1 aromatic rings. The smallest absolute Gasteiger partial charge is 0.333 e. The summed E-state index contributed by atoms with van der Waals surface area (Å²) in [6, 6.07) is 7.15. The first-order chi connectivity index (χ1) is 7.01. The monoisotopic (exact) mass is 235 g/mol. The van der Waals surface area contributed by atoms with Gasteiger partial charge in [0.15, 0.2) is 0 Å². The number of hydrogen-bond donors (Lipinski definition) is 1. The van der Waals surface area contributed by atoms with Crippen molar-refractivity contribution in [2.75, 3.05) is 13.7 Å². The molecule has 15 heavy (non-hydrogen) atoms. The van der Waals surface area contributed by atoms with Crippen molar-refractivity contribution in [1.82, 2.24) is 5.32 Å². The van der Waals surface area contributed by atoms with Crippen LogP contribution in [0.25, 0.3) is 0 Å². The molecule has 0 heterocycles. The van der Waals surface area contributed by atoms with E-state index in [4.69, 9.17) is 16.3 Å². The average molecular weight is 236 g/mol. The number of methoxy groups -OCH3 is 1. The van der Waals surface area contributed by atoms with Crippen LogP contribution in [0, 0.1) is 0 Å². The number of ether oxygens (including phenoxy) is 1. The Hall–Kier alpha value is -0.870. The molecular formula is C10H12ClF2NO. The van der Waals surface area contributed by atoms with Gasteiger partial charge in [0.2, 0.25) is 0 Å². The van der Waals surface area contributed by atoms with E-state index in [2.05, 4.69) is 5.32 Å². The highest BCUT2D eigenvalue weighted by Gasteiger charge is 2.23. The summed E-state index contributed by atoms with van der Waals surface area (Å²) < 4.78 is 29.4. The van der Waals surface area contributed by atoms with Crippen LogP contribution in [0.15, 0.2) is 24.3 Å². The van der Waals surface area contributed by atoms with Crippen LogP contribution in [0.1, 0.15) is 5.56 Å². The van der Waals surface area contributed by atoms with Crippen LogP contribution in [0.2, 0.25) is 0 Å². The fourth-order valence-electron chi connectivity index (χ4n) is 1.09. The Labute approximate surface area is 92.2 Å². The Kier molecular flexibility index (Phi) is 4.29. The quantitative estimate of drug-likeness (QED) is 0.793. The number of halogens is 3. The first-order valence-corrected chi connectivity index (χ1v) is 4.79. The summed E-state index contributed by atoms with van der Waals surface area (Å²) in [5.41, 5.74) is 0.900. The highest BCUT2D eigenvalue weighted by Crippen LogP contribution is 2.17. The highest BCUT2D eigenvalue weighted by atomic mass is 35.5. The minimum absolute atomic E-state index is 0.353. The summed E-state index contributed by atoms with van der Waals surface area (Å²) in [5, 5.41) is -0.632. The maximum Gasteiger partial charge on any atom is 0.333 e. The van der Waals surface area contributed by atoms with Gasteiger partial charge in [0.05, 0.1) is 13.7 Å². The molecule has 0 aromatic heterocycles. The molecular weight excluding hydrogens is 224 g/mol. The molecule has 0 aliphatic heterocycles. The Balaban J connectivity index is 2.38. The lowest BCUT2D eigenvalue weighted by Crippen LogP contribution is -2.27. The molecule has 1 N–H and O–H groups in total. The van der Waals surface area contributed by atoms with Crippen LogP contribution in [-0.4, -0.2) is 19.0 Å². The summed E-state index contributed by atoms with van der Waals surface area (Å²) in [6.45, 7) is -0.188. The molecule has 0 saturated heterocycles. The lowest BCUT2D eigenvalue weighted by atomic mass is 10.2. The summed E-state index contributed by atoms with van der Waals surface area (Å²) >= 11 is 4.73. The largest absolute Gasteiger partial charge is 0.497 e. The molecule has 0 unspecified atom stereocenters. The van der Waals surface area contributed by atoms with Crippen molar-refractivity contribution in [1.29, 1.82) is 0 Å². The normalized spacial score (nSPS) is 11.5. The standard InChI is InChI=1S/C10H12ClF2NO/c1-15-9-4-2-8(3-5-9)6-14-7-10(11,12)13/h2-5,14H,6-7H2,1H3. The Morgan fingerprint density at radius 1 is 1.33 bits per heavy atom. The van der Waals surface area contributed by atoms with Crippen molar-refractivity contribution in [2.24, 2.45) is 0 Å². The van der Waals surface area contributed by atoms with Gasteiger partial charge in [-0.2, -0.15) is 8.78 Å². The van der Waals surface area contributed by atoms with Crippen LogP contribution in [-0.2, 0) is 6.54 Å². The van der Waals surface area contributed by atoms with Gasteiger partial charge in [-0.05, 0) is 29.3 Å². The van der Waals surface area contributed by atoms with Crippen molar-refractivity contribution < 1.29 is 13.5 Å². The maximum absolute atomic E-state index is 12.2. The van der Waals surface area contributed by atoms with Gasteiger partial charge in [-0.15, -0.1) is 0 Å². The molecule has 2 nitrogen and oxygen atoms in total. The van der Waals surface area contributed by atoms with Crippen LogP contribution in [0.3, 0.4) is 0 Å². The van der Waals surface area contributed by atoms with Crippen LogP contribution in [0.4, 0.5) is 8.78 Å². The van der Waals surface area contributed by atoms with Gasteiger partial charge in [0, 0.05) is 6.54 Å². The summed E-state index contributed by atoms with van der Waals surface area (Å²) in [7, 11) is 1.57. The molecule has 0 fully saturated rings. The van der Waals surface area contributed by atoms with Gasteiger partial charge >= 0.3 is 5.38 Å². The molecule has 1 aromatic carbocycles. The van der Waals surface area contributed by atoms with Gasteiger partial charge in [-0.3, -0.25) is 0 Å². The third kappa shape index (κ3) is 4.95. The SMILES string of the molecule is COc1ccc(CNCC(F)(F)Cl)cc1. The zero-order valence-corrected chi connectivity index (χ0v) is 9.02. The van der Waals surface area contributed by atoms with E-state index in [0.717, 1.165) is 11.3 Å². The lowest BCUT2D eigenvalue weighted by molar-refractivity contribution is 0.0949. The number of rotatable bonds is 5. The van der Waals surface area contributed by atoms with E-state index in [1.165, 1.54) is 0 Å². The summed E-state index contributed by atoms with van der Waals surface area (Å²) in [5.74, 6) is 0.737. The van der Waals surface area contributed by atoms with Gasteiger partial charge in [-0.25, -0.2) is 0 Å². The Bertz CT molecular complexity index is 297. The van der Waals surface area contributed by atoms with Crippen molar-refractivity contribution in [3.8, 4) is 5.75 Å². The van der Waals surface area contributed by atoms with Crippen molar-refractivity contribution in [3.05, 3.63) is 29.8 Å². The summed E-state index contributed by atoms with van der Waals surface area (Å²) in [6.07, 6.45) is 0. The van der Waals surface area contributed by atoms with Gasteiger partial charge in [0.1, 0.15) is 5.75 Å². The molecule has 0 radical (unpaired) electrons. The third-order valence-corrected chi connectivity index (χ3v) is 1.95. The van der Waals surface area contributed by atoms with Crippen molar-refractivity contribution in [3.63, 3.8) is 0 Å². The van der Waals surface area contributed by atoms with E-state index in [9.17, 15) is 8.78 Å². The predicted octanol–water partition coefficient (Wildman–Crippen LogP) is 2.62. The highest BCUT2D eigenvalue weighted by molar-refractivity contribution is 6.21. The van der Waals surface area contributed by atoms with Crippen LogP contribution >= 0.6 is 11.6 Å². The minimum atomic E-state index is -3.19. The molecule has 0 spiro atoms. The van der Waals surface area contributed by atoms with Gasteiger partial charge < -0.3 is 10.1 Å². The molecule has 0 atom stereocenters.